The molecule has 6 heteroatoms. The van der Waals surface area contributed by atoms with E-state index >= 15 is 0 Å². The average molecular weight is 296 g/mol. The van der Waals surface area contributed by atoms with Crippen molar-refractivity contribution in [2.24, 2.45) is 0 Å². The van der Waals surface area contributed by atoms with Crippen LogP contribution in [-0.2, 0) is 10.0 Å². The Balaban J connectivity index is 2.20. The standard InChI is InChI=1S/C13H16N2O2S2/c1-9(2)19(16,17)15-12-6-4-11(5-7-12)13-8-18-10(3)14-13/h4-9,15H,1-3H3. The molecule has 0 fully saturated rings. The third kappa shape index (κ3) is 3.33. The summed E-state index contributed by atoms with van der Waals surface area (Å²) in [6.07, 6.45) is 0. The predicted molar refractivity (Wildman–Crippen MR) is 80.0 cm³/mol. The van der Waals surface area contributed by atoms with Crippen molar-refractivity contribution in [1.82, 2.24) is 4.98 Å². The first-order valence-electron chi connectivity index (χ1n) is 5.92. The van der Waals surface area contributed by atoms with Crippen molar-refractivity contribution in [3.8, 4) is 11.3 Å². The van der Waals surface area contributed by atoms with Crippen LogP contribution in [-0.4, -0.2) is 18.7 Å². The van der Waals surface area contributed by atoms with Gasteiger partial charge in [-0.1, -0.05) is 12.1 Å². The lowest BCUT2D eigenvalue weighted by molar-refractivity contribution is 0.593. The summed E-state index contributed by atoms with van der Waals surface area (Å²) in [5.74, 6) is 0. The van der Waals surface area contributed by atoms with E-state index in [0.29, 0.717) is 5.69 Å². The Labute approximate surface area is 117 Å². The van der Waals surface area contributed by atoms with Gasteiger partial charge in [0.25, 0.3) is 0 Å². The van der Waals surface area contributed by atoms with Crippen LogP contribution in [0.25, 0.3) is 11.3 Å². The lowest BCUT2D eigenvalue weighted by atomic mass is 10.1. The lowest BCUT2D eigenvalue weighted by Gasteiger charge is -2.10. The fourth-order valence-corrected chi connectivity index (χ4v) is 2.81. The third-order valence-electron chi connectivity index (χ3n) is 2.68. The van der Waals surface area contributed by atoms with E-state index in [1.165, 1.54) is 0 Å². The number of aromatic nitrogens is 1. The highest BCUT2D eigenvalue weighted by Crippen LogP contribution is 2.23. The molecule has 0 aliphatic heterocycles. The van der Waals surface area contributed by atoms with Crippen molar-refractivity contribution in [2.45, 2.75) is 26.0 Å². The fraction of sp³-hybridized carbons (Fsp3) is 0.308. The predicted octanol–water partition coefficient (Wildman–Crippen LogP) is 3.27. The molecule has 1 aromatic carbocycles. The minimum Gasteiger partial charge on any atom is -0.283 e. The van der Waals surface area contributed by atoms with E-state index in [4.69, 9.17) is 0 Å². The van der Waals surface area contributed by atoms with Gasteiger partial charge in [-0.05, 0) is 32.9 Å². The molecule has 0 saturated carbocycles. The molecular weight excluding hydrogens is 280 g/mol. The number of sulfonamides is 1. The summed E-state index contributed by atoms with van der Waals surface area (Å²) in [6.45, 7) is 5.25. The van der Waals surface area contributed by atoms with Gasteiger partial charge in [0, 0.05) is 16.6 Å². The monoisotopic (exact) mass is 296 g/mol. The fourth-order valence-electron chi connectivity index (χ4n) is 1.49. The number of nitrogens with zero attached hydrogens (tertiary/aromatic N) is 1. The Bertz CT molecular complexity index is 658. The van der Waals surface area contributed by atoms with Crippen LogP contribution in [0, 0.1) is 6.92 Å². The van der Waals surface area contributed by atoms with E-state index < -0.39 is 15.3 Å². The van der Waals surface area contributed by atoms with E-state index in [9.17, 15) is 8.42 Å². The highest BCUT2D eigenvalue weighted by Gasteiger charge is 2.15. The van der Waals surface area contributed by atoms with Gasteiger partial charge in [-0.3, -0.25) is 4.72 Å². The van der Waals surface area contributed by atoms with Gasteiger partial charge in [0.2, 0.25) is 10.0 Å². The number of hydrogen-bond acceptors (Lipinski definition) is 4. The Morgan fingerprint density at radius 3 is 2.32 bits per heavy atom. The molecule has 2 aromatic rings. The van der Waals surface area contributed by atoms with Gasteiger partial charge in [-0.2, -0.15) is 0 Å². The number of aryl methyl sites for hydroxylation is 1. The van der Waals surface area contributed by atoms with Gasteiger partial charge >= 0.3 is 0 Å². The van der Waals surface area contributed by atoms with Crippen molar-refractivity contribution in [3.05, 3.63) is 34.7 Å². The van der Waals surface area contributed by atoms with Crippen molar-refractivity contribution in [1.29, 1.82) is 0 Å². The number of benzene rings is 1. The quantitative estimate of drug-likeness (QED) is 0.942. The summed E-state index contributed by atoms with van der Waals surface area (Å²) in [6, 6.07) is 7.24. The van der Waals surface area contributed by atoms with Gasteiger partial charge in [0.1, 0.15) is 0 Å². The number of nitrogens with one attached hydrogen (secondary N) is 1. The molecule has 0 unspecified atom stereocenters. The molecule has 0 bridgehead atoms. The second-order valence-electron chi connectivity index (χ2n) is 4.52. The summed E-state index contributed by atoms with van der Waals surface area (Å²) in [5.41, 5.74) is 2.47. The van der Waals surface area contributed by atoms with E-state index in [-0.39, 0.29) is 0 Å². The van der Waals surface area contributed by atoms with Crippen LogP contribution in [0.2, 0.25) is 0 Å². The number of anilines is 1. The van der Waals surface area contributed by atoms with Gasteiger partial charge in [-0.25, -0.2) is 13.4 Å². The van der Waals surface area contributed by atoms with Crippen LogP contribution in [0.1, 0.15) is 18.9 Å². The van der Waals surface area contributed by atoms with Crippen LogP contribution in [0.4, 0.5) is 5.69 Å². The first kappa shape index (κ1) is 14.0. The van der Waals surface area contributed by atoms with E-state index in [1.807, 2.05) is 24.4 Å². The number of hydrogen-bond donors (Lipinski definition) is 1. The van der Waals surface area contributed by atoms with Crippen LogP contribution in [0.15, 0.2) is 29.6 Å². The Hall–Kier alpha value is -1.40. The molecule has 1 aromatic heterocycles. The number of rotatable bonds is 4. The number of thiazole rings is 1. The van der Waals surface area contributed by atoms with Crippen molar-refractivity contribution in [2.75, 3.05) is 4.72 Å². The summed E-state index contributed by atoms with van der Waals surface area (Å²) >= 11 is 1.59. The molecule has 0 saturated heterocycles. The molecule has 1 heterocycles. The average Bonchev–Trinajstić information content (AvgIpc) is 2.76. The Morgan fingerprint density at radius 1 is 1.21 bits per heavy atom. The molecule has 102 valence electrons. The summed E-state index contributed by atoms with van der Waals surface area (Å²) in [5, 5.41) is 2.55. The van der Waals surface area contributed by atoms with Crippen LogP contribution >= 0.6 is 11.3 Å². The largest absolute Gasteiger partial charge is 0.283 e. The maximum Gasteiger partial charge on any atom is 0.235 e. The third-order valence-corrected chi connectivity index (χ3v) is 5.22. The van der Waals surface area contributed by atoms with Gasteiger partial charge in [-0.15, -0.1) is 11.3 Å². The first-order chi connectivity index (χ1) is 8.88. The van der Waals surface area contributed by atoms with Gasteiger partial charge in [0.15, 0.2) is 0 Å². The van der Waals surface area contributed by atoms with Crippen LogP contribution in [0.5, 0.6) is 0 Å². The van der Waals surface area contributed by atoms with Crippen molar-refractivity contribution in [3.63, 3.8) is 0 Å². The molecule has 2 rings (SSSR count). The summed E-state index contributed by atoms with van der Waals surface area (Å²) in [7, 11) is -3.29. The summed E-state index contributed by atoms with van der Waals surface area (Å²) < 4.78 is 26.0. The summed E-state index contributed by atoms with van der Waals surface area (Å²) in [4.78, 5) is 4.39. The zero-order valence-electron chi connectivity index (χ0n) is 11.0. The highest BCUT2D eigenvalue weighted by molar-refractivity contribution is 7.93. The minimum atomic E-state index is -3.29. The molecule has 0 amide bonds. The smallest absolute Gasteiger partial charge is 0.235 e. The Morgan fingerprint density at radius 2 is 1.84 bits per heavy atom. The molecule has 1 N–H and O–H groups in total. The molecule has 0 aliphatic rings. The second kappa shape index (κ2) is 5.30. The zero-order valence-corrected chi connectivity index (χ0v) is 12.7. The van der Waals surface area contributed by atoms with Crippen molar-refractivity contribution < 1.29 is 8.42 Å². The minimum absolute atomic E-state index is 0.451. The normalized spacial score (nSPS) is 11.8. The van der Waals surface area contributed by atoms with E-state index in [2.05, 4.69) is 9.71 Å². The Kier molecular flexibility index (Phi) is 3.91. The van der Waals surface area contributed by atoms with E-state index in [1.54, 1.807) is 37.3 Å². The van der Waals surface area contributed by atoms with E-state index in [0.717, 1.165) is 16.3 Å². The van der Waals surface area contributed by atoms with Crippen molar-refractivity contribution >= 4 is 27.0 Å². The zero-order chi connectivity index (χ0) is 14.0. The molecule has 19 heavy (non-hydrogen) atoms. The first-order valence-corrected chi connectivity index (χ1v) is 8.35. The van der Waals surface area contributed by atoms with Crippen LogP contribution in [0.3, 0.4) is 0 Å². The lowest BCUT2D eigenvalue weighted by Crippen LogP contribution is -2.22. The molecule has 0 aliphatic carbocycles. The van der Waals surface area contributed by atoms with Gasteiger partial charge in [0.05, 0.1) is 16.0 Å². The molecule has 4 nitrogen and oxygen atoms in total. The molecule has 0 atom stereocenters. The topological polar surface area (TPSA) is 59.1 Å². The van der Waals surface area contributed by atoms with Crippen LogP contribution < -0.4 is 4.72 Å². The molecule has 0 radical (unpaired) electrons. The maximum absolute atomic E-state index is 11.7. The SMILES string of the molecule is Cc1nc(-c2ccc(NS(=O)(=O)C(C)C)cc2)cs1. The highest BCUT2D eigenvalue weighted by atomic mass is 32.2. The second-order valence-corrected chi connectivity index (χ2v) is 7.82. The van der Waals surface area contributed by atoms with Gasteiger partial charge < -0.3 is 0 Å². The molecular formula is C13H16N2O2S2. The maximum atomic E-state index is 11.7. The molecule has 0 spiro atoms.